The number of hydrogen-bond donors (Lipinski definition) is 1. The van der Waals surface area contributed by atoms with E-state index in [9.17, 15) is 9.18 Å². The van der Waals surface area contributed by atoms with Gasteiger partial charge in [-0.1, -0.05) is 17.9 Å². The van der Waals surface area contributed by atoms with Gasteiger partial charge in [-0.25, -0.2) is 4.39 Å². The van der Waals surface area contributed by atoms with Gasteiger partial charge < -0.3 is 9.84 Å². The third kappa shape index (κ3) is 3.37. The van der Waals surface area contributed by atoms with Gasteiger partial charge in [0.1, 0.15) is 12.2 Å². The van der Waals surface area contributed by atoms with Crippen molar-refractivity contribution in [3.05, 3.63) is 35.1 Å². The lowest BCUT2D eigenvalue weighted by molar-refractivity contribution is -0.139. The van der Waals surface area contributed by atoms with Gasteiger partial charge in [0.2, 0.25) is 0 Å². The number of halogens is 1. The highest BCUT2D eigenvalue weighted by Gasteiger charge is 2.00. The normalized spacial score (nSPS) is 9.19. The maximum Gasteiger partial charge on any atom is 0.317 e. The topological polar surface area (TPSA) is 46.5 Å². The molecular formula is C12H11FO3. The van der Waals surface area contributed by atoms with Gasteiger partial charge in [0, 0.05) is 0 Å². The third-order valence-electron chi connectivity index (χ3n) is 1.90. The SMILES string of the molecule is COC(=O)CC#Cc1ccc(CO)cc1F. The van der Waals surface area contributed by atoms with Crippen LogP contribution in [0.4, 0.5) is 4.39 Å². The fourth-order valence-electron chi connectivity index (χ4n) is 1.04. The van der Waals surface area contributed by atoms with E-state index in [4.69, 9.17) is 5.11 Å². The summed E-state index contributed by atoms with van der Waals surface area (Å²) in [7, 11) is 1.26. The number of aliphatic hydroxyl groups is 1. The van der Waals surface area contributed by atoms with Gasteiger partial charge in [0.05, 0.1) is 19.3 Å². The monoisotopic (exact) mass is 222 g/mol. The van der Waals surface area contributed by atoms with Crippen LogP contribution < -0.4 is 0 Å². The predicted molar refractivity (Wildman–Crippen MR) is 55.8 cm³/mol. The molecule has 0 fully saturated rings. The van der Waals surface area contributed by atoms with Gasteiger partial charge in [-0.05, 0) is 17.7 Å². The van der Waals surface area contributed by atoms with Crippen molar-refractivity contribution in [3.63, 3.8) is 0 Å². The van der Waals surface area contributed by atoms with Crippen molar-refractivity contribution < 1.29 is 19.0 Å². The molecule has 0 atom stereocenters. The van der Waals surface area contributed by atoms with Gasteiger partial charge in [0.25, 0.3) is 0 Å². The van der Waals surface area contributed by atoms with Crippen molar-refractivity contribution >= 4 is 5.97 Å². The summed E-state index contributed by atoms with van der Waals surface area (Å²) < 4.78 is 17.7. The molecule has 0 saturated carbocycles. The van der Waals surface area contributed by atoms with Crippen LogP contribution >= 0.6 is 0 Å². The number of carbonyl (C=O) groups excluding carboxylic acids is 1. The predicted octanol–water partition coefficient (Wildman–Crippen LogP) is 1.23. The van der Waals surface area contributed by atoms with E-state index in [2.05, 4.69) is 16.6 Å². The quantitative estimate of drug-likeness (QED) is 0.604. The van der Waals surface area contributed by atoms with Crippen molar-refractivity contribution in [1.82, 2.24) is 0 Å². The molecule has 0 bridgehead atoms. The Morgan fingerprint density at radius 1 is 1.56 bits per heavy atom. The van der Waals surface area contributed by atoms with Crippen molar-refractivity contribution in [3.8, 4) is 11.8 Å². The molecule has 0 saturated heterocycles. The van der Waals surface area contributed by atoms with Crippen LogP contribution in [-0.2, 0) is 16.1 Å². The fraction of sp³-hybridized carbons (Fsp3) is 0.250. The number of esters is 1. The number of ether oxygens (including phenoxy) is 1. The van der Waals surface area contributed by atoms with Crippen LogP contribution in [0.5, 0.6) is 0 Å². The molecule has 1 rings (SSSR count). The Morgan fingerprint density at radius 3 is 2.88 bits per heavy atom. The molecule has 0 heterocycles. The molecular weight excluding hydrogens is 211 g/mol. The van der Waals surface area contributed by atoms with Crippen LogP contribution in [0.25, 0.3) is 0 Å². The fourth-order valence-corrected chi connectivity index (χ4v) is 1.04. The number of rotatable bonds is 2. The summed E-state index contributed by atoms with van der Waals surface area (Å²) >= 11 is 0. The average Bonchev–Trinajstić information content (AvgIpc) is 2.30. The molecule has 16 heavy (non-hydrogen) atoms. The zero-order chi connectivity index (χ0) is 12.0. The second-order valence-electron chi connectivity index (χ2n) is 3.03. The molecule has 1 aromatic rings. The summed E-state index contributed by atoms with van der Waals surface area (Å²) in [6.45, 7) is -0.215. The Morgan fingerprint density at radius 2 is 2.31 bits per heavy atom. The van der Waals surface area contributed by atoms with Gasteiger partial charge in [0.15, 0.2) is 0 Å². The first-order chi connectivity index (χ1) is 7.67. The van der Waals surface area contributed by atoms with Crippen LogP contribution in [0, 0.1) is 17.7 Å². The standard InChI is InChI=1S/C12H11FO3/c1-16-12(15)4-2-3-10-6-5-9(8-14)7-11(10)13/h5-7,14H,4,8H2,1H3. The zero-order valence-electron chi connectivity index (χ0n) is 8.79. The highest BCUT2D eigenvalue weighted by molar-refractivity contribution is 5.72. The first-order valence-corrected chi connectivity index (χ1v) is 4.62. The summed E-state index contributed by atoms with van der Waals surface area (Å²) in [5.41, 5.74) is 0.678. The number of benzene rings is 1. The van der Waals surface area contributed by atoms with E-state index in [-0.39, 0.29) is 18.6 Å². The van der Waals surface area contributed by atoms with Crippen LogP contribution in [0.2, 0.25) is 0 Å². The molecule has 0 amide bonds. The molecule has 0 spiro atoms. The van der Waals surface area contributed by atoms with Crippen LogP contribution in [0.3, 0.4) is 0 Å². The smallest absolute Gasteiger partial charge is 0.317 e. The van der Waals surface area contributed by atoms with E-state index < -0.39 is 11.8 Å². The summed E-state index contributed by atoms with van der Waals surface area (Å²) in [4.78, 5) is 10.7. The molecule has 84 valence electrons. The third-order valence-corrected chi connectivity index (χ3v) is 1.90. The first-order valence-electron chi connectivity index (χ1n) is 4.62. The Hall–Kier alpha value is -1.86. The summed E-state index contributed by atoms with van der Waals surface area (Å²) in [6.07, 6.45) is -0.0717. The van der Waals surface area contributed by atoms with E-state index >= 15 is 0 Å². The van der Waals surface area contributed by atoms with Crippen LogP contribution in [0.15, 0.2) is 18.2 Å². The molecule has 0 aromatic heterocycles. The Kier molecular flexibility index (Phi) is 4.49. The molecule has 4 heteroatoms. The zero-order valence-corrected chi connectivity index (χ0v) is 8.79. The van der Waals surface area contributed by atoms with Crippen molar-refractivity contribution in [2.24, 2.45) is 0 Å². The summed E-state index contributed by atoms with van der Waals surface area (Å²) in [5, 5.41) is 8.77. The van der Waals surface area contributed by atoms with E-state index in [0.717, 1.165) is 0 Å². The second kappa shape index (κ2) is 5.89. The van der Waals surface area contributed by atoms with Crippen molar-refractivity contribution in [2.75, 3.05) is 7.11 Å². The van der Waals surface area contributed by atoms with Gasteiger partial charge >= 0.3 is 5.97 Å². The maximum absolute atomic E-state index is 13.3. The molecule has 1 aromatic carbocycles. The van der Waals surface area contributed by atoms with Crippen molar-refractivity contribution in [2.45, 2.75) is 13.0 Å². The highest BCUT2D eigenvalue weighted by Crippen LogP contribution is 2.09. The lowest BCUT2D eigenvalue weighted by Crippen LogP contribution is -1.97. The average molecular weight is 222 g/mol. The minimum atomic E-state index is -0.510. The second-order valence-corrected chi connectivity index (χ2v) is 3.03. The Bertz CT molecular complexity index is 443. The Balaban J connectivity index is 2.77. The van der Waals surface area contributed by atoms with E-state index in [0.29, 0.717) is 5.56 Å². The van der Waals surface area contributed by atoms with Crippen LogP contribution in [0.1, 0.15) is 17.5 Å². The Labute approximate surface area is 92.9 Å². The molecule has 0 unspecified atom stereocenters. The molecule has 3 nitrogen and oxygen atoms in total. The molecule has 0 radical (unpaired) electrons. The summed E-state index contributed by atoms with van der Waals surface area (Å²) in [6, 6.07) is 4.25. The number of aliphatic hydroxyl groups excluding tert-OH is 1. The van der Waals surface area contributed by atoms with Crippen LogP contribution in [-0.4, -0.2) is 18.2 Å². The number of carbonyl (C=O) groups is 1. The number of hydrogen-bond acceptors (Lipinski definition) is 3. The van der Waals surface area contributed by atoms with Gasteiger partial charge in [-0.15, -0.1) is 0 Å². The van der Waals surface area contributed by atoms with E-state index in [1.807, 2.05) is 0 Å². The molecule has 1 N–H and O–H groups in total. The molecule has 0 aliphatic carbocycles. The van der Waals surface area contributed by atoms with Crippen molar-refractivity contribution in [1.29, 1.82) is 0 Å². The lowest BCUT2D eigenvalue weighted by atomic mass is 10.1. The highest BCUT2D eigenvalue weighted by atomic mass is 19.1. The summed E-state index contributed by atoms with van der Waals surface area (Å²) in [5.74, 6) is 4.06. The van der Waals surface area contributed by atoms with Gasteiger partial charge in [-0.2, -0.15) is 0 Å². The molecule has 0 aliphatic rings. The van der Waals surface area contributed by atoms with E-state index in [1.54, 1.807) is 6.07 Å². The van der Waals surface area contributed by atoms with E-state index in [1.165, 1.54) is 19.2 Å². The van der Waals surface area contributed by atoms with Gasteiger partial charge in [-0.3, -0.25) is 4.79 Å². The lowest BCUT2D eigenvalue weighted by Gasteiger charge is -1.97. The first kappa shape index (κ1) is 12.2. The number of methoxy groups -OCH3 is 1. The minimum Gasteiger partial charge on any atom is -0.468 e. The molecule has 0 aliphatic heterocycles. The largest absolute Gasteiger partial charge is 0.468 e. The minimum absolute atomic E-state index is 0.0717. The maximum atomic E-state index is 13.3.